The third kappa shape index (κ3) is 4.43. The molecule has 10 heteroatoms. The Kier molecular flexibility index (Phi) is 5.70. The molecular weight excluding hydrogens is 381 g/mol. The van der Waals surface area contributed by atoms with Crippen molar-refractivity contribution in [1.82, 2.24) is 19.7 Å². The fraction of sp³-hybridized carbons (Fsp3) is 0.176. The van der Waals surface area contributed by atoms with Crippen molar-refractivity contribution in [2.75, 3.05) is 5.43 Å². The molecule has 0 radical (unpaired) electrons. The number of hydrogen-bond acceptors (Lipinski definition) is 5. The Morgan fingerprint density at radius 3 is 2.63 bits per heavy atom. The zero-order valence-corrected chi connectivity index (χ0v) is 14.8. The number of halogens is 4. The number of nitrogens with zero attached hydrogens (tertiary/aromatic N) is 5. The summed E-state index contributed by atoms with van der Waals surface area (Å²) in [6, 6.07) is 7.75. The molecule has 0 aliphatic heterocycles. The van der Waals surface area contributed by atoms with Crippen LogP contribution in [0.5, 0.6) is 0 Å². The zero-order chi connectivity index (χ0) is 19.4. The van der Waals surface area contributed by atoms with E-state index in [1.165, 1.54) is 18.5 Å². The van der Waals surface area contributed by atoms with Crippen molar-refractivity contribution < 1.29 is 13.2 Å². The van der Waals surface area contributed by atoms with Gasteiger partial charge < -0.3 is 0 Å². The Morgan fingerprint density at radius 2 is 2.00 bits per heavy atom. The average molecular weight is 395 g/mol. The second-order valence-corrected chi connectivity index (χ2v) is 5.82. The average Bonchev–Trinajstić information content (AvgIpc) is 3.02. The van der Waals surface area contributed by atoms with Crippen LogP contribution in [0, 0.1) is 5.95 Å². The highest BCUT2D eigenvalue weighted by molar-refractivity contribution is 6.30. The van der Waals surface area contributed by atoms with E-state index in [2.05, 4.69) is 25.6 Å². The molecule has 27 heavy (non-hydrogen) atoms. The van der Waals surface area contributed by atoms with Crippen molar-refractivity contribution in [1.29, 1.82) is 0 Å². The van der Waals surface area contributed by atoms with Crippen molar-refractivity contribution in [3.63, 3.8) is 0 Å². The minimum Gasteiger partial charge on any atom is -0.245 e. The second kappa shape index (κ2) is 8.17. The Morgan fingerprint density at radius 1 is 1.26 bits per heavy atom. The molecule has 2 aromatic heterocycles. The van der Waals surface area contributed by atoms with Crippen LogP contribution in [-0.2, 0) is 6.54 Å². The summed E-state index contributed by atoms with van der Waals surface area (Å²) in [5, 5.41) is 8.16. The highest BCUT2D eigenvalue weighted by Gasteiger charge is 2.14. The van der Waals surface area contributed by atoms with Crippen molar-refractivity contribution in [3.8, 4) is 11.3 Å². The topological polar surface area (TPSA) is 68.0 Å². The standard InChI is InChI=1S/C17H14ClF3N6/c1-2-27-16(21)11(9-23-27)8-22-26-17-24-13(7-14(25-17)15(19)20)10-3-5-12(18)6-4-10/h3-9,15H,2H2,1H3,(H,24,25,26). The van der Waals surface area contributed by atoms with Crippen molar-refractivity contribution in [2.24, 2.45) is 5.10 Å². The van der Waals surface area contributed by atoms with E-state index in [-0.39, 0.29) is 17.2 Å². The SMILES string of the molecule is CCn1ncc(C=NNc2nc(-c3ccc(Cl)cc3)cc(C(F)F)n2)c1F. The molecule has 6 nitrogen and oxygen atoms in total. The quantitative estimate of drug-likeness (QED) is 0.492. The fourth-order valence-electron chi connectivity index (χ4n) is 2.25. The number of aromatic nitrogens is 4. The molecule has 0 unspecified atom stereocenters. The van der Waals surface area contributed by atoms with Gasteiger partial charge in [-0.3, -0.25) is 0 Å². The van der Waals surface area contributed by atoms with Crippen LogP contribution in [0.2, 0.25) is 5.02 Å². The third-order valence-electron chi connectivity index (χ3n) is 3.58. The van der Waals surface area contributed by atoms with Gasteiger partial charge in [0.15, 0.2) is 0 Å². The maximum Gasteiger partial charge on any atom is 0.280 e. The van der Waals surface area contributed by atoms with Gasteiger partial charge in [-0.15, -0.1) is 0 Å². The van der Waals surface area contributed by atoms with Gasteiger partial charge >= 0.3 is 0 Å². The van der Waals surface area contributed by atoms with Gasteiger partial charge in [-0.1, -0.05) is 23.7 Å². The van der Waals surface area contributed by atoms with Crippen LogP contribution in [0.25, 0.3) is 11.3 Å². The lowest BCUT2D eigenvalue weighted by molar-refractivity contribution is 0.146. The molecule has 1 N–H and O–H groups in total. The Hall–Kier alpha value is -2.94. The van der Waals surface area contributed by atoms with E-state index in [9.17, 15) is 13.2 Å². The Bertz CT molecular complexity index is 956. The highest BCUT2D eigenvalue weighted by atomic mass is 35.5. The van der Waals surface area contributed by atoms with Crippen LogP contribution in [0.3, 0.4) is 0 Å². The van der Waals surface area contributed by atoms with Crippen molar-refractivity contribution >= 4 is 23.8 Å². The molecule has 2 heterocycles. The summed E-state index contributed by atoms with van der Waals surface area (Å²) in [4.78, 5) is 7.89. The normalized spacial score (nSPS) is 11.5. The minimum atomic E-state index is -2.79. The number of alkyl halides is 2. The van der Waals surface area contributed by atoms with E-state index in [4.69, 9.17) is 11.6 Å². The van der Waals surface area contributed by atoms with Gasteiger partial charge in [-0.05, 0) is 25.1 Å². The number of aryl methyl sites for hydroxylation is 1. The zero-order valence-electron chi connectivity index (χ0n) is 14.1. The predicted octanol–water partition coefficient (Wildman–Crippen LogP) is 4.54. The van der Waals surface area contributed by atoms with Gasteiger partial charge in [-0.25, -0.2) is 28.9 Å². The molecule has 0 fully saturated rings. The summed E-state index contributed by atoms with van der Waals surface area (Å²) in [6.45, 7) is 2.12. The highest BCUT2D eigenvalue weighted by Crippen LogP contribution is 2.25. The summed E-state index contributed by atoms with van der Waals surface area (Å²) < 4.78 is 41.3. The second-order valence-electron chi connectivity index (χ2n) is 5.39. The maximum atomic E-state index is 13.9. The fourth-order valence-corrected chi connectivity index (χ4v) is 2.37. The monoisotopic (exact) mass is 394 g/mol. The molecule has 0 aliphatic carbocycles. The number of nitrogens with one attached hydrogen (secondary N) is 1. The molecule has 0 spiro atoms. The summed E-state index contributed by atoms with van der Waals surface area (Å²) in [7, 11) is 0. The van der Waals surface area contributed by atoms with Crippen LogP contribution in [-0.4, -0.2) is 26.0 Å². The first-order valence-electron chi connectivity index (χ1n) is 7.91. The van der Waals surface area contributed by atoms with E-state index in [0.717, 1.165) is 4.68 Å². The first-order chi connectivity index (χ1) is 13.0. The van der Waals surface area contributed by atoms with E-state index >= 15 is 0 Å². The summed E-state index contributed by atoms with van der Waals surface area (Å²) in [5.74, 6) is -0.690. The Labute approximate surface area is 157 Å². The Balaban J connectivity index is 1.86. The molecule has 0 saturated heterocycles. The van der Waals surface area contributed by atoms with Crippen molar-refractivity contribution in [2.45, 2.75) is 19.9 Å². The summed E-state index contributed by atoms with van der Waals surface area (Å²) >= 11 is 5.84. The number of hydrazone groups is 1. The smallest absolute Gasteiger partial charge is 0.245 e. The lowest BCUT2D eigenvalue weighted by Gasteiger charge is -2.07. The molecule has 0 amide bonds. The number of benzene rings is 1. The van der Waals surface area contributed by atoms with Crippen LogP contribution < -0.4 is 5.43 Å². The van der Waals surface area contributed by atoms with E-state index < -0.39 is 18.1 Å². The largest absolute Gasteiger partial charge is 0.280 e. The van der Waals surface area contributed by atoms with Crippen LogP contribution in [0.1, 0.15) is 24.6 Å². The number of rotatable bonds is 6. The third-order valence-corrected chi connectivity index (χ3v) is 3.83. The molecule has 0 aliphatic rings. The van der Waals surface area contributed by atoms with E-state index in [1.54, 1.807) is 31.2 Å². The van der Waals surface area contributed by atoms with E-state index in [1.807, 2.05) is 0 Å². The van der Waals surface area contributed by atoms with Gasteiger partial charge in [-0.2, -0.15) is 14.6 Å². The minimum absolute atomic E-state index is 0.141. The molecule has 1 aromatic carbocycles. The summed E-state index contributed by atoms with van der Waals surface area (Å²) in [6.07, 6.45) is -0.308. The molecule has 0 bridgehead atoms. The van der Waals surface area contributed by atoms with Crippen LogP contribution in [0.15, 0.2) is 41.6 Å². The molecule has 3 aromatic rings. The van der Waals surface area contributed by atoms with E-state index in [0.29, 0.717) is 17.1 Å². The number of hydrogen-bond donors (Lipinski definition) is 1. The molecule has 0 saturated carbocycles. The van der Waals surface area contributed by atoms with Crippen LogP contribution in [0.4, 0.5) is 19.1 Å². The first kappa shape index (κ1) is 18.8. The van der Waals surface area contributed by atoms with Gasteiger partial charge in [0.2, 0.25) is 11.9 Å². The molecule has 3 rings (SSSR count). The lowest BCUT2D eigenvalue weighted by Crippen LogP contribution is -2.03. The van der Waals surface area contributed by atoms with Gasteiger partial charge in [0.05, 0.1) is 23.7 Å². The van der Waals surface area contributed by atoms with Gasteiger partial charge in [0, 0.05) is 17.1 Å². The molecular formula is C17H14ClF3N6. The van der Waals surface area contributed by atoms with Gasteiger partial charge in [0.25, 0.3) is 6.43 Å². The van der Waals surface area contributed by atoms with Gasteiger partial charge in [0.1, 0.15) is 5.69 Å². The molecule has 0 atom stereocenters. The summed E-state index contributed by atoms with van der Waals surface area (Å²) in [5.41, 5.74) is 3.00. The lowest BCUT2D eigenvalue weighted by atomic mass is 10.1. The molecule has 140 valence electrons. The predicted molar refractivity (Wildman–Crippen MR) is 96.5 cm³/mol. The van der Waals surface area contributed by atoms with Crippen molar-refractivity contribution in [3.05, 3.63) is 58.8 Å². The van der Waals surface area contributed by atoms with Crippen LogP contribution >= 0.6 is 11.6 Å². The maximum absolute atomic E-state index is 13.9. The first-order valence-corrected chi connectivity index (χ1v) is 8.29. The number of anilines is 1.